The van der Waals surface area contributed by atoms with E-state index < -0.39 is 0 Å². The summed E-state index contributed by atoms with van der Waals surface area (Å²) in [5.74, 6) is 0. The van der Waals surface area contributed by atoms with Crippen LogP contribution in [0.2, 0.25) is 0 Å². The highest BCUT2D eigenvalue weighted by molar-refractivity contribution is 5.74. The van der Waals surface area contributed by atoms with Gasteiger partial charge in [0.15, 0.2) is 0 Å². The van der Waals surface area contributed by atoms with Crippen LogP contribution in [0.3, 0.4) is 0 Å². The smallest absolute Gasteiger partial charge is 0.315 e. The minimum absolute atomic E-state index is 0.0143. The van der Waals surface area contributed by atoms with E-state index in [1.54, 1.807) is 0 Å². The average Bonchev–Trinajstić information content (AvgIpc) is 2.26. The van der Waals surface area contributed by atoms with Crippen molar-refractivity contribution < 1.29 is 4.79 Å². The van der Waals surface area contributed by atoms with Gasteiger partial charge in [0.1, 0.15) is 0 Å². The summed E-state index contributed by atoms with van der Waals surface area (Å²) in [5, 5.41) is 5.88. The third kappa shape index (κ3) is 5.39. The Labute approximate surface area is 105 Å². The first-order chi connectivity index (χ1) is 7.89. The molecule has 4 nitrogen and oxygen atoms in total. The number of hydrogen-bond donors (Lipinski definition) is 3. The molecule has 4 N–H and O–H groups in total. The first-order valence-corrected chi connectivity index (χ1v) is 6.69. The van der Waals surface area contributed by atoms with Crippen LogP contribution >= 0.6 is 0 Å². The van der Waals surface area contributed by atoms with E-state index in [2.05, 4.69) is 31.4 Å². The van der Waals surface area contributed by atoms with Crippen LogP contribution in [0.15, 0.2) is 0 Å². The van der Waals surface area contributed by atoms with E-state index in [1.165, 1.54) is 19.3 Å². The van der Waals surface area contributed by atoms with Crippen molar-refractivity contribution in [1.29, 1.82) is 0 Å². The van der Waals surface area contributed by atoms with Crippen LogP contribution in [-0.2, 0) is 0 Å². The lowest BCUT2D eigenvalue weighted by Crippen LogP contribution is -2.49. The van der Waals surface area contributed by atoms with Gasteiger partial charge in [-0.3, -0.25) is 0 Å². The standard InChI is InChI=1S/C13H27N3O/c1-13(2,3)11(14)9-15-12(17)16-10-7-5-4-6-8-10/h10-11H,4-9,14H2,1-3H3,(H2,15,16,17). The van der Waals surface area contributed by atoms with Crippen LogP contribution < -0.4 is 16.4 Å². The minimum atomic E-state index is -0.0726. The van der Waals surface area contributed by atoms with Crippen molar-refractivity contribution in [2.24, 2.45) is 11.1 Å². The number of hydrogen-bond acceptors (Lipinski definition) is 2. The molecular weight excluding hydrogens is 214 g/mol. The van der Waals surface area contributed by atoms with Crippen LogP contribution in [0.4, 0.5) is 4.79 Å². The molecule has 0 aliphatic heterocycles. The highest BCUT2D eigenvalue weighted by Crippen LogP contribution is 2.18. The van der Waals surface area contributed by atoms with Gasteiger partial charge in [-0.05, 0) is 18.3 Å². The number of carbonyl (C=O) groups excluding carboxylic acids is 1. The topological polar surface area (TPSA) is 67.1 Å². The zero-order valence-corrected chi connectivity index (χ0v) is 11.4. The van der Waals surface area contributed by atoms with E-state index >= 15 is 0 Å². The normalized spacial score (nSPS) is 19.8. The van der Waals surface area contributed by atoms with E-state index in [-0.39, 0.29) is 17.5 Å². The van der Waals surface area contributed by atoms with Crippen molar-refractivity contribution >= 4 is 6.03 Å². The Morgan fingerprint density at radius 1 is 1.29 bits per heavy atom. The number of nitrogens with two attached hydrogens (primary N) is 1. The molecule has 2 amide bonds. The van der Waals surface area contributed by atoms with Gasteiger partial charge in [-0.25, -0.2) is 4.79 Å². The summed E-state index contributed by atoms with van der Waals surface area (Å²) in [6, 6.07) is 0.269. The molecule has 4 heteroatoms. The summed E-state index contributed by atoms with van der Waals surface area (Å²) in [4.78, 5) is 11.7. The maximum atomic E-state index is 11.7. The number of rotatable bonds is 3. The summed E-state index contributed by atoms with van der Waals surface area (Å²) in [5.41, 5.74) is 6.02. The number of carbonyl (C=O) groups is 1. The predicted octanol–water partition coefficient (Wildman–Crippen LogP) is 1.99. The molecule has 1 aliphatic carbocycles. The molecule has 1 saturated carbocycles. The Balaban J connectivity index is 2.20. The summed E-state index contributed by atoms with van der Waals surface area (Å²) < 4.78 is 0. The van der Waals surface area contributed by atoms with Crippen LogP contribution in [0.1, 0.15) is 52.9 Å². The highest BCUT2D eigenvalue weighted by atomic mass is 16.2. The molecule has 1 rings (SSSR count). The molecule has 100 valence electrons. The first kappa shape index (κ1) is 14.3. The molecule has 1 unspecified atom stereocenters. The Kier molecular flexibility index (Phi) is 5.25. The lowest BCUT2D eigenvalue weighted by molar-refractivity contribution is 0.228. The van der Waals surface area contributed by atoms with Crippen LogP contribution in [0.5, 0.6) is 0 Å². The van der Waals surface area contributed by atoms with Crippen molar-refractivity contribution in [3.05, 3.63) is 0 Å². The molecule has 0 aromatic rings. The molecule has 1 aliphatic rings. The molecule has 0 spiro atoms. The predicted molar refractivity (Wildman–Crippen MR) is 70.8 cm³/mol. The fourth-order valence-corrected chi connectivity index (χ4v) is 1.99. The zero-order valence-electron chi connectivity index (χ0n) is 11.4. The van der Waals surface area contributed by atoms with Gasteiger partial charge in [0.2, 0.25) is 0 Å². The Morgan fingerprint density at radius 3 is 2.41 bits per heavy atom. The largest absolute Gasteiger partial charge is 0.337 e. The zero-order chi connectivity index (χ0) is 12.9. The fraction of sp³-hybridized carbons (Fsp3) is 0.923. The van der Waals surface area contributed by atoms with E-state index in [1.807, 2.05) is 0 Å². The summed E-state index contributed by atoms with van der Waals surface area (Å²) >= 11 is 0. The van der Waals surface area contributed by atoms with Gasteiger partial charge in [0, 0.05) is 18.6 Å². The fourth-order valence-electron chi connectivity index (χ4n) is 1.99. The van der Waals surface area contributed by atoms with E-state index in [0.29, 0.717) is 12.6 Å². The van der Waals surface area contributed by atoms with Crippen molar-refractivity contribution in [2.45, 2.75) is 65.0 Å². The number of amides is 2. The van der Waals surface area contributed by atoms with E-state index in [9.17, 15) is 4.79 Å². The second kappa shape index (κ2) is 6.24. The second-order valence-electron chi connectivity index (χ2n) is 6.16. The molecule has 0 saturated heterocycles. The highest BCUT2D eigenvalue weighted by Gasteiger charge is 2.21. The molecule has 0 heterocycles. The molecule has 0 bridgehead atoms. The van der Waals surface area contributed by atoms with E-state index in [4.69, 9.17) is 5.73 Å². The van der Waals surface area contributed by atoms with Gasteiger partial charge in [-0.15, -0.1) is 0 Å². The minimum Gasteiger partial charge on any atom is -0.337 e. The number of nitrogens with one attached hydrogen (secondary N) is 2. The van der Waals surface area contributed by atoms with Crippen molar-refractivity contribution in [3.63, 3.8) is 0 Å². The van der Waals surface area contributed by atoms with Gasteiger partial charge in [-0.2, -0.15) is 0 Å². The average molecular weight is 241 g/mol. The molecule has 17 heavy (non-hydrogen) atoms. The Bertz CT molecular complexity index is 242. The molecule has 1 fully saturated rings. The Morgan fingerprint density at radius 2 is 1.88 bits per heavy atom. The SMILES string of the molecule is CC(C)(C)C(N)CNC(=O)NC1CCCCC1. The molecule has 0 radical (unpaired) electrons. The van der Waals surface area contributed by atoms with Crippen molar-refractivity contribution in [1.82, 2.24) is 10.6 Å². The van der Waals surface area contributed by atoms with E-state index in [0.717, 1.165) is 12.8 Å². The second-order valence-corrected chi connectivity index (χ2v) is 6.16. The first-order valence-electron chi connectivity index (χ1n) is 6.69. The maximum Gasteiger partial charge on any atom is 0.315 e. The van der Waals surface area contributed by atoms with Gasteiger partial charge in [0.25, 0.3) is 0 Å². The lowest BCUT2D eigenvalue weighted by atomic mass is 9.87. The summed E-state index contributed by atoms with van der Waals surface area (Å²) in [7, 11) is 0. The molecular formula is C13H27N3O. The van der Waals surface area contributed by atoms with Gasteiger partial charge in [-0.1, -0.05) is 40.0 Å². The number of urea groups is 1. The van der Waals surface area contributed by atoms with Gasteiger partial charge >= 0.3 is 6.03 Å². The third-order valence-electron chi connectivity index (χ3n) is 3.54. The lowest BCUT2D eigenvalue weighted by Gasteiger charge is -2.28. The monoisotopic (exact) mass is 241 g/mol. The quantitative estimate of drug-likeness (QED) is 0.707. The molecule has 0 aromatic heterocycles. The summed E-state index contributed by atoms with van der Waals surface area (Å²) in [6.45, 7) is 6.78. The van der Waals surface area contributed by atoms with Gasteiger partial charge < -0.3 is 16.4 Å². The Hall–Kier alpha value is -0.770. The van der Waals surface area contributed by atoms with Crippen LogP contribution in [0, 0.1) is 5.41 Å². The third-order valence-corrected chi connectivity index (χ3v) is 3.54. The molecule has 1 atom stereocenters. The maximum absolute atomic E-state index is 11.7. The van der Waals surface area contributed by atoms with Crippen LogP contribution in [-0.4, -0.2) is 24.7 Å². The van der Waals surface area contributed by atoms with Crippen molar-refractivity contribution in [3.8, 4) is 0 Å². The van der Waals surface area contributed by atoms with Crippen molar-refractivity contribution in [2.75, 3.05) is 6.54 Å². The van der Waals surface area contributed by atoms with Crippen LogP contribution in [0.25, 0.3) is 0 Å². The summed E-state index contributed by atoms with van der Waals surface area (Å²) in [6.07, 6.45) is 5.98. The van der Waals surface area contributed by atoms with Gasteiger partial charge in [0.05, 0.1) is 0 Å². The molecule has 0 aromatic carbocycles.